The second-order valence-corrected chi connectivity index (χ2v) is 2.67. The molecule has 0 radical (unpaired) electrons. The van der Waals surface area contributed by atoms with Crippen LogP contribution in [0.15, 0.2) is 18.5 Å². The Hall–Kier alpha value is -1.12. The molecular weight excluding hydrogens is 200 g/mol. The first-order valence-corrected chi connectivity index (χ1v) is 4.66. The molecule has 0 atom stereocenters. The van der Waals surface area contributed by atoms with E-state index in [4.69, 9.17) is 22.4 Å². The van der Waals surface area contributed by atoms with Gasteiger partial charge in [-0.3, -0.25) is 9.11 Å². The van der Waals surface area contributed by atoms with Crippen LogP contribution in [-0.2, 0) is 10.4 Å². The van der Waals surface area contributed by atoms with Crippen LogP contribution in [0.5, 0.6) is 0 Å². The van der Waals surface area contributed by atoms with Gasteiger partial charge in [-0.15, -0.1) is 9.94 Å². The lowest BCUT2D eigenvalue weighted by atomic mass is 10.8. The monoisotopic (exact) mass is 210 g/mol. The molecule has 0 saturated carbocycles. The molecule has 76 valence electrons. The van der Waals surface area contributed by atoms with Gasteiger partial charge in [-0.2, -0.15) is 8.42 Å². The van der Waals surface area contributed by atoms with E-state index in [2.05, 4.69) is 5.10 Å². The summed E-state index contributed by atoms with van der Waals surface area (Å²) in [5.41, 5.74) is 0. The molecule has 0 aliphatic heterocycles. The van der Waals surface area contributed by atoms with Crippen LogP contribution in [0.25, 0.3) is 0 Å². The molecule has 8 heteroatoms. The number of rotatable bonds is 2. The smallest absolute Gasteiger partial charge is 0.394 e. The summed E-state index contributed by atoms with van der Waals surface area (Å²) in [5, 5.41) is 3.80. The maximum atomic E-state index is 8.74. The largest absolute Gasteiger partial charge is 0.397 e. The van der Waals surface area contributed by atoms with Crippen molar-refractivity contribution in [1.29, 1.82) is 0 Å². The molecule has 0 aliphatic rings. The fraction of sp³-hybridized carbons (Fsp3) is 0.400. The molecule has 0 aliphatic carbocycles. The lowest BCUT2D eigenvalue weighted by molar-refractivity contribution is 0.0927. The van der Waals surface area contributed by atoms with Crippen molar-refractivity contribution in [3.8, 4) is 0 Å². The molecule has 1 rings (SSSR count). The van der Waals surface area contributed by atoms with E-state index in [0.29, 0.717) is 6.61 Å². The first-order valence-electron chi connectivity index (χ1n) is 3.26. The third-order valence-electron chi connectivity index (χ3n) is 0.742. The average molecular weight is 210 g/mol. The zero-order valence-electron chi connectivity index (χ0n) is 6.86. The normalized spacial score (nSPS) is 10.1. The molecule has 0 saturated heterocycles. The van der Waals surface area contributed by atoms with Crippen LogP contribution < -0.4 is 4.84 Å². The molecule has 13 heavy (non-hydrogen) atoms. The minimum atomic E-state index is -4.67. The van der Waals surface area contributed by atoms with Crippen LogP contribution in [0.4, 0.5) is 0 Å². The molecule has 7 nitrogen and oxygen atoms in total. The predicted molar refractivity (Wildman–Crippen MR) is 43.5 cm³/mol. The Labute approximate surface area is 75.5 Å². The number of aromatic nitrogens is 2. The minimum absolute atomic E-state index is 0.654. The molecule has 1 aromatic rings. The topological polar surface area (TPSA) is 102 Å². The zero-order chi connectivity index (χ0) is 10.3. The Morgan fingerprint density at radius 3 is 2.38 bits per heavy atom. The van der Waals surface area contributed by atoms with Crippen molar-refractivity contribution < 1.29 is 22.4 Å². The second-order valence-electron chi connectivity index (χ2n) is 1.77. The number of hydrogen-bond donors (Lipinski definition) is 2. The summed E-state index contributed by atoms with van der Waals surface area (Å²) < 4.78 is 31.6. The number of hydrogen-bond acceptors (Lipinski definition) is 4. The van der Waals surface area contributed by atoms with Crippen LogP contribution in [0, 0.1) is 0 Å². The Balaban J connectivity index is 0.000000252. The van der Waals surface area contributed by atoms with Crippen LogP contribution in [0.2, 0.25) is 0 Å². The van der Waals surface area contributed by atoms with E-state index in [-0.39, 0.29) is 0 Å². The Morgan fingerprint density at radius 2 is 2.08 bits per heavy atom. The summed E-state index contributed by atoms with van der Waals surface area (Å²) in [6.45, 7) is 2.57. The van der Waals surface area contributed by atoms with Crippen LogP contribution in [0.3, 0.4) is 0 Å². The van der Waals surface area contributed by atoms with Gasteiger partial charge in [-0.25, -0.2) is 0 Å². The molecular formula is C5H10N2O5S. The Bertz CT molecular complexity index is 298. The van der Waals surface area contributed by atoms with E-state index in [1.165, 1.54) is 4.85 Å². The first kappa shape index (κ1) is 11.9. The Morgan fingerprint density at radius 1 is 1.54 bits per heavy atom. The van der Waals surface area contributed by atoms with Crippen molar-refractivity contribution in [2.24, 2.45) is 0 Å². The van der Waals surface area contributed by atoms with E-state index in [9.17, 15) is 0 Å². The summed E-state index contributed by atoms with van der Waals surface area (Å²) in [6.07, 6.45) is 3.43. The zero-order valence-corrected chi connectivity index (χ0v) is 7.68. The Kier molecular flexibility index (Phi) is 5.04. The highest BCUT2D eigenvalue weighted by atomic mass is 32.3. The summed E-state index contributed by atoms with van der Waals surface area (Å²) in [7, 11) is -4.67. The van der Waals surface area contributed by atoms with Crippen molar-refractivity contribution in [2.45, 2.75) is 6.92 Å². The molecule has 0 bridgehead atoms. The summed E-state index contributed by atoms with van der Waals surface area (Å²) in [5.74, 6) is 0. The van der Waals surface area contributed by atoms with E-state index < -0.39 is 10.4 Å². The molecule has 0 unspecified atom stereocenters. The van der Waals surface area contributed by atoms with Gasteiger partial charge < -0.3 is 4.84 Å². The van der Waals surface area contributed by atoms with Crippen molar-refractivity contribution in [2.75, 3.05) is 6.61 Å². The molecule has 0 spiro atoms. The molecule has 1 aromatic heterocycles. The van der Waals surface area contributed by atoms with E-state index in [1.807, 2.05) is 13.0 Å². The van der Waals surface area contributed by atoms with Crippen molar-refractivity contribution in [3.05, 3.63) is 18.5 Å². The highest BCUT2D eigenvalue weighted by molar-refractivity contribution is 7.79. The molecule has 0 fully saturated rings. The van der Waals surface area contributed by atoms with Gasteiger partial charge in [0, 0.05) is 0 Å². The SMILES string of the molecule is CCOn1cccn1.O=S(=O)(O)O. The first-order chi connectivity index (χ1) is 5.93. The third kappa shape index (κ3) is 10.9. The van der Waals surface area contributed by atoms with Crippen LogP contribution >= 0.6 is 0 Å². The van der Waals surface area contributed by atoms with E-state index >= 15 is 0 Å². The van der Waals surface area contributed by atoms with Crippen molar-refractivity contribution in [3.63, 3.8) is 0 Å². The van der Waals surface area contributed by atoms with Gasteiger partial charge >= 0.3 is 10.4 Å². The summed E-state index contributed by atoms with van der Waals surface area (Å²) in [6, 6.07) is 1.82. The standard InChI is InChI=1S/C5H8N2O.H2O4S/c1-2-8-7-5-3-4-6-7;1-5(2,3)4/h3-5H,2H2,1H3;(H2,1,2,3,4). The highest BCUT2D eigenvalue weighted by Gasteiger charge is 1.84. The average Bonchev–Trinajstić information content (AvgIpc) is 2.36. The van der Waals surface area contributed by atoms with Crippen LogP contribution in [-0.4, -0.2) is 34.1 Å². The second kappa shape index (κ2) is 5.51. The lowest BCUT2D eigenvalue weighted by Crippen LogP contribution is -2.10. The maximum absolute atomic E-state index is 8.74. The third-order valence-corrected chi connectivity index (χ3v) is 0.742. The molecule has 1 heterocycles. The van der Waals surface area contributed by atoms with Gasteiger partial charge in [0.25, 0.3) is 0 Å². The van der Waals surface area contributed by atoms with Gasteiger partial charge in [0.05, 0.1) is 12.4 Å². The maximum Gasteiger partial charge on any atom is 0.394 e. The van der Waals surface area contributed by atoms with E-state index in [1.54, 1.807) is 12.4 Å². The van der Waals surface area contributed by atoms with Crippen molar-refractivity contribution in [1.82, 2.24) is 9.94 Å². The highest BCUT2D eigenvalue weighted by Crippen LogP contribution is 1.77. The lowest BCUT2D eigenvalue weighted by Gasteiger charge is -1.97. The van der Waals surface area contributed by atoms with Crippen LogP contribution in [0.1, 0.15) is 6.92 Å². The summed E-state index contributed by atoms with van der Waals surface area (Å²) >= 11 is 0. The summed E-state index contributed by atoms with van der Waals surface area (Å²) in [4.78, 5) is 6.38. The number of nitrogens with zero attached hydrogens (tertiary/aromatic N) is 2. The minimum Gasteiger partial charge on any atom is -0.397 e. The van der Waals surface area contributed by atoms with Gasteiger partial charge in [-0.1, -0.05) is 0 Å². The molecule has 2 N–H and O–H groups in total. The van der Waals surface area contributed by atoms with Gasteiger partial charge in [-0.05, 0) is 13.0 Å². The molecule has 0 aromatic carbocycles. The quantitative estimate of drug-likeness (QED) is 0.648. The molecule has 0 amide bonds. The van der Waals surface area contributed by atoms with Gasteiger partial charge in [0.1, 0.15) is 6.61 Å². The van der Waals surface area contributed by atoms with Gasteiger partial charge in [0.2, 0.25) is 0 Å². The fourth-order valence-electron chi connectivity index (χ4n) is 0.463. The predicted octanol–water partition coefficient (Wildman–Crippen LogP) is -0.321. The van der Waals surface area contributed by atoms with E-state index in [0.717, 1.165) is 0 Å². The van der Waals surface area contributed by atoms with Crippen molar-refractivity contribution >= 4 is 10.4 Å². The van der Waals surface area contributed by atoms with Gasteiger partial charge in [0.15, 0.2) is 0 Å². The fourth-order valence-corrected chi connectivity index (χ4v) is 0.463.